The van der Waals surface area contributed by atoms with Gasteiger partial charge in [-0.1, -0.05) is 6.07 Å². The molecule has 4 heteroatoms. The molecule has 1 aromatic heterocycles. The molecule has 0 aromatic carbocycles. The molecule has 1 aromatic rings. The van der Waals surface area contributed by atoms with Crippen molar-refractivity contribution < 1.29 is 0 Å². The van der Waals surface area contributed by atoms with Crippen LogP contribution in [-0.4, -0.2) is 24.0 Å². The lowest BCUT2D eigenvalue weighted by Crippen LogP contribution is -2.38. The summed E-state index contributed by atoms with van der Waals surface area (Å²) in [6, 6.07) is 4.03. The first-order chi connectivity index (χ1) is 8.79. The minimum absolute atomic E-state index is 0.632. The smallest absolute Gasteiger partial charge is 0.191 e. The van der Waals surface area contributed by atoms with Gasteiger partial charge in [-0.3, -0.25) is 4.98 Å². The monoisotopic (exact) mass is 246 g/mol. The van der Waals surface area contributed by atoms with E-state index < -0.39 is 0 Å². The van der Waals surface area contributed by atoms with Crippen LogP contribution in [0.15, 0.2) is 23.3 Å². The van der Waals surface area contributed by atoms with Gasteiger partial charge in [0.15, 0.2) is 5.96 Å². The van der Waals surface area contributed by atoms with Crippen LogP contribution in [-0.2, 0) is 6.54 Å². The van der Waals surface area contributed by atoms with E-state index in [2.05, 4.69) is 40.5 Å². The van der Waals surface area contributed by atoms with Crippen molar-refractivity contribution in [3.05, 3.63) is 29.6 Å². The van der Waals surface area contributed by atoms with Crippen molar-refractivity contribution in [2.75, 3.05) is 13.1 Å². The normalized spacial score (nSPS) is 15.6. The van der Waals surface area contributed by atoms with E-state index in [0.717, 1.165) is 30.7 Å². The molecule has 4 nitrogen and oxygen atoms in total. The van der Waals surface area contributed by atoms with E-state index in [1.165, 1.54) is 18.4 Å². The average molecular weight is 246 g/mol. The van der Waals surface area contributed by atoms with Crippen molar-refractivity contribution in [1.29, 1.82) is 0 Å². The Morgan fingerprint density at radius 2 is 2.28 bits per heavy atom. The number of aromatic nitrogens is 1. The first-order valence-electron chi connectivity index (χ1n) is 6.72. The minimum Gasteiger partial charge on any atom is -0.357 e. The predicted molar refractivity (Wildman–Crippen MR) is 74.5 cm³/mol. The highest BCUT2D eigenvalue weighted by molar-refractivity contribution is 5.79. The van der Waals surface area contributed by atoms with Gasteiger partial charge in [-0.25, -0.2) is 4.99 Å². The zero-order valence-corrected chi connectivity index (χ0v) is 11.2. The van der Waals surface area contributed by atoms with Crippen LogP contribution in [0.5, 0.6) is 0 Å². The van der Waals surface area contributed by atoms with Crippen molar-refractivity contribution in [1.82, 2.24) is 15.6 Å². The molecular formula is C14H22N4. The molecule has 0 unspecified atom stereocenters. The van der Waals surface area contributed by atoms with Gasteiger partial charge in [0.2, 0.25) is 0 Å². The molecule has 1 aliphatic carbocycles. The van der Waals surface area contributed by atoms with Gasteiger partial charge in [0.1, 0.15) is 0 Å². The van der Waals surface area contributed by atoms with Crippen molar-refractivity contribution in [2.45, 2.75) is 33.2 Å². The van der Waals surface area contributed by atoms with Gasteiger partial charge in [0.25, 0.3) is 0 Å². The number of hydrogen-bond acceptors (Lipinski definition) is 2. The summed E-state index contributed by atoms with van der Waals surface area (Å²) in [5.74, 6) is 1.75. The Morgan fingerprint density at radius 3 is 2.94 bits per heavy atom. The largest absolute Gasteiger partial charge is 0.357 e. The number of hydrogen-bond donors (Lipinski definition) is 2. The zero-order valence-electron chi connectivity index (χ0n) is 11.2. The molecule has 98 valence electrons. The number of nitrogens with one attached hydrogen (secondary N) is 2. The summed E-state index contributed by atoms with van der Waals surface area (Å²) < 4.78 is 0. The van der Waals surface area contributed by atoms with E-state index in [1.54, 1.807) is 0 Å². The molecule has 0 aliphatic heterocycles. The summed E-state index contributed by atoms with van der Waals surface area (Å²) in [4.78, 5) is 8.93. The maximum atomic E-state index is 4.58. The summed E-state index contributed by atoms with van der Waals surface area (Å²) in [6.07, 6.45) is 4.53. The van der Waals surface area contributed by atoms with Crippen molar-refractivity contribution in [2.24, 2.45) is 10.9 Å². The second-order valence-electron chi connectivity index (χ2n) is 4.79. The quantitative estimate of drug-likeness (QED) is 0.616. The molecule has 0 atom stereocenters. The fourth-order valence-electron chi connectivity index (χ4n) is 1.74. The first-order valence-corrected chi connectivity index (χ1v) is 6.72. The van der Waals surface area contributed by atoms with Crippen LogP contribution in [0.25, 0.3) is 0 Å². The topological polar surface area (TPSA) is 49.3 Å². The SMILES string of the molecule is CCNC(=NCc1ncccc1C)NCC1CC1. The number of rotatable bonds is 5. The number of guanidine groups is 1. The maximum Gasteiger partial charge on any atom is 0.191 e. The highest BCUT2D eigenvalue weighted by Crippen LogP contribution is 2.27. The minimum atomic E-state index is 0.632. The third-order valence-electron chi connectivity index (χ3n) is 3.10. The van der Waals surface area contributed by atoms with Gasteiger partial charge in [0, 0.05) is 19.3 Å². The van der Waals surface area contributed by atoms with E-state index in [4.69, 9.17) is 0 Å². The van der Waals surface area contributed by atoms with Gasteiger partial charge < -0.3 is 10.6 Å². The third-order valence-corrected chi connectivity index (χ3v) is 3.10. The van der Waals surface area contributed by atoms with E-state index in [9.17, 15) is 0 Å². The van der Waals surface area contributed by atoms with E-state index in [1.807, 2.05) is 12.3 Å². The Kier molecular flexibility index (Phi) is 4.56. The van der Waals surface area contributed by atoms with Gasteiger partial charge in [-0.2, -0.15) is 0 Å². The fraction of sp³-hybridized carbons (Fsp3) is 0.571. The maximum absolute atomic E-state index is 4.58. The number of nitrogens with zero attached hydrogens (tertiary/aromatic N) is 2. The van der Waals surface area contributed by atoms with Crippen molar-refractivity contribution >= 4 is 5.96 Å². The zero-order chi connectivity index (χ0) is 12.8. The van der Waals surface area contributed by atoms with Crippen LogP contribution in [0, 0.1) is 12.8 Å². The number of aliphatic imine (C=N–C) groups is 1. The lowest BCUT2D eigenvalue weighted by molar-refractivity contribution is 0.738. The molecule has 2 N–H and O–H groups in total. The summed E-state index contributed by atoms with van der Waals surface area (Å²) in [5.41, 5.74) is 2.24. The van der Waals surface area contributed by atoms with Gasteiger partial charge in [0.05, 0.1) is 12.2 Å². The molecule has 2 rings (SSSR count). The number of aryl methyl sites for hydroxylation is 1. The molecule has 1 aliphatic rings. The molecule has 0 saturated heterocycles. The number of pyridine rings is 1. The Hall–Kier alpha value is -1.58. The van der Waals surface area contributed by atoms with Crippen LogP contribution in [0.4, 0.5) is 0 Å². The molecule has 18 heavy (non-hydrogen) atoms. The Labute approximate surface area is 109 Å². The molecule has 1 heterocycles. The summed E-state index contributed by atoms with van der Waals surface area (Å²) >= 11 is 0. The third kappa shape index (κ3) is 4.02. The highest BCUT2D eigenvalue weighted by Gasteiger charge is 2.20. The second kappa shape index (κ2) is 6.38. The second-order valence-corrected chi connectivity index (χ2v) is 4.79. The fourth-order valence-corrected chi connectivity index (χ4v) is 1.74. The highest BCUT2D eigenvalue weighted by atomic mass is 15.2. The Bertz CT molecular complexity index is 410. The molecule has 1 fully saturated rings. The molecule has 0 amide bonds. The molecule has 0 spiro atoms. The van der Waals surface area contributed by atoms with Crippen molar-refractivity contribution in [3.8, 4) is 0 Å². The van der Waals surface area contributed by atoms with E-state index in [0.29, 0.717) is 6.54 Å². The predicted octanol–water partition coefficient (Wildman–Crippen LogP) is 1.86. The standard InChI is InChI=1S/C14H22N4/c1-3-15-14(17-9-12-6-7-12)18-10-13-11(2)5-4-8-16-13/h4-5,8,12H,3,6-7,9-10H2,1-2H3,(H2,15,17,18). The molecular weight excluding hydrogens is 224 g/mol. The molecule has 1 saturated carbocycles. The van der Waals surface area contributed by atoms with Crippen LogP contribution < -0.4 is 10.6 Å². The van der Waals surface area contributed by atoms with Gasteiger partial charge in [-0.05, 0) is 44.2 Å². The Morgan fingerprint density at radius 1 is 1.44 bits per heavy atom. The lowest BCUT2D eigenvalue weighted by atomic mass is 10.2. The first kappa shape index (κ1) is 12.9. The van der Waals surface area contributed by atoms with Crippen LogP contribution in [0.3, 0.4) is 0 Å². The van der Waals surface area contributed by atoms with Gasteiger partial charge in [-0.15, -0.1) is 0 Å². The van der Waals surface area contributed by atoms with Crippen LogP contribution in [0.2, 0.25) is 0 Å². The molecule has 0 bridgehead atoms. The summed E-state index contributed by atoms with van der Waals surface area (Å²) in [6.45, 7) is 6.71. The summed E-state index contributed by atoms with van der Waals surface area (Å²) in [7, 11) is 0. The van der Waals surface area contributed by atoms with Gasteiger partial charge >= 0.3 is 0 Å². The van der Waals surface area contributed by atoms with E-state index in [-0.39, 0.29) is 0 Å². The summed E-state index contributed by atoms with van der Waals surface area (Å²) in [5, 5.41) is 6.65. The van der Waals surface area contributed by atoms with E-state index >= 15 is 0 Å². The lowest BCUT2D eigenvalue weighted by Gasteiger charge is -2.10. The Balaban J connectivity index is 1.91. The van der Waals surface area contributed by atoms with Crippen LogP contribution >= 0.6 is 0 Å². The van der Waals surface area contributed by atoms with Crippen LogP contribution in [0.1, 0.15) is 31.0 Å². The van der Waals surface area contributed by atoms with Crippen molar-refractivity contribution in [3.63, 3.8) is 0 Å². The average Bonchev–Trinajstić information content (AvgIpc) is 3.18. The molecule has 0 radical (unpaired) electrons.